The maximum Gasteiger partial charge on any atom is 0.239 e. The van der Waals surface area contributed by atoms with E-state index < -0.39 is 0 Å². The average Bonchev–Trinajstić information content (AvgIpc) is 2.90. The van der Waals surface area contributed by atoms with Crippen LogP contribution in [0.4, 0.5) is 0 Å². The first kappa shape index (κ1) is 9.97. The van der Waals surface area contributed by atoms with E-state index in [0.717, 1.165) is 13.1 Å². The molecule has 0 aromatic rings. The van der Waals surface area contributed by atoms with Gasteiger partial charge in [0.15, 0.2) is 0 Å². The molecule has 1 spiro atoms. The third-order valence-corrected chi connectivity index (χ3v) is 3.52. The van der Waals surface area contributed by atoms with Gasteiger partial charge in [-0.25, -0.2) is 0 Å². The summed E-state index contributed by atoms with van der Waals surface area (Å²) in [6.45, 7) is 8.15. The van der Waals surface area contributed by atoms with E-state index in [2.05, 4.69) is 19.2 Å². The molecule has 14 heavy (non-hydrogen) atoms. The lowest BCUT2D eigenvalue weighted by molar-refractivity contribution is -0.134. The van der Waals surface area contributed by atoms with Crippen LogP contribution < -0.4 is 5.32 Å². The zero-order valence-corrected chi connectivity index (χ0v) is 9.34. The van der Waals surface area contributed by atoms with Gasteiger partial charge in [-0.3, -0.25) is 4.79 Å². The van der Waals surface area contributed by atoms with Gasteiger partial charge in [0.25, 0.3) is 0 Å². The Labute approximate surface area is 85.8 Å². The molecule has 2 rings (SSSR count). The SMILES string of the molecule is CC1NCC2(CC2)CN(C(C)C)C1=O. The highest BCUT2D eigenvalue weighted by Crippen LogP contribution is 2.46. The number of carbonyl (C=O) groups excluding carboxylic acids is 1. The van der Waals surface area contributed by atoms with Gasteiger partial charge in [-0.05, 0) is 33.6 Å². The quantitative estimate of drug-likeness (QED) is 0.678. The Bertz CT molecular complexity index is 246. The van der Waals surface area contributed by atoms with Gasteiger partial charge in [-0.15, -0.1) is 0 Å². The number of hydrogen-bond donors (Lipinski definition) is 1. The zero-order chi connectivity index (χ0) is 10.3. The Morgan fingerprint density at radius 1 is 1.50 bits per heavy atom. The number of rotatable bonds is 1. The van der Waals surface area contributed by atoms with Crippen molar-refractivity contribution >= 4 is 5.91 Å². The van der Waals surface area contributed by atoms with Crippen molar-refractivity contribution < 1.29 is 4.79 Å². The Morgan fingerprint density at radius 2 is 2.14 bits per heavy atom. The van der Waals surface area contributed by atoms with Crippen molar-refractivity contribution in [1.82, 2.24) is 10.2 Å². The molecule has 1 N–H and O–H groups in total. The van der Waals surface area contributed by atoms with Crippen LogP contribution in [0.15, 0.2) is 0 Å². The molecule has 0 aromatic heterocycles. The van der Waals surface area contributed by atoms with Crippen LogP contribution in [0.25, 0.3) is 0 Å². The summed E-state index contributed by atoms with van der Waals surface area (Å²) in [6, 6.07) is 0.333. The van der Waals surface area contributed by atoms with Crippen molar-refractivity contribution in [2.24, 2.45) is 5.41 Å². The summed E-state index contributed by atoms with van der Waals surface area (Å²) in [5, 5.41) is 3.34. The van der Waals surface area contributed by atoms with E-state index in [4.69, 9.17) is 0 Å². The summed E-state index contributed by atoms with van der Waals surface area (Å²) < 4.78 is 0. The van der Waals surface area contributed by atoms with E-state index >= 15 is 0 Å². The molecule has 1 saturated carbocycles. The molecule has 3 nitrogen and oxygen atoms in total. The van der Waals surface area contributed by atoms with Crippen LogP contribution in [0, 0.1) is 5.41 Å². The van der Waals surface area contributed by atoms with Crippen LogP contribution in [0.5, 0.6) is 0 Å². The summed E-state index contributed by atoms with van der Waals surface area (Å²) in [4.78, 5) is 14.0. The largest absolute Gasteiger partial charge is 0.338 e. The summed E-state index contributed by atoms with van der Waals surface area (Å²) in [6.07, 6.45) is 2.56. The second-order valence-corrected chi connectivity index (χ2v) is 5.16. The molecule has 3 heteroatoms. The Morgan fingerprint density at radius 3 is 2.64 bits per heavy atom. The van der Waals surface area contributed by atoms with Crippen LogP contribution in [-0.2, 0) is 4.79 Å². The summed E-state index contributed by atoms with van der Waals surface area (Å²) in [5.74, 6) is 0.267. The van der Waals surface area contributed by atoms with E-state index in [-0.39, 0.29) is 11.9 Å². The van der Waals surface area contributed by atoms with E-state index in [0.29, 0.717) is 11.5 Å². The molecule has 80 valence electrons. The summed E-state index contributed by atoms with van der Waals surface area (Å²) in [7, 11) is 0. The fourth-order valence-corrected chi connectivity index (χ4v) is 2.15. The lowest BCUT2D eigenvalue weighted by atomic mass is 10.1. The molecular formula is C11H20N2O. The van der Waals surface area contributed by atoms with E-state index in [1.54, 1.807) is 0 Å². The minimum atomic E-state index is -0.00243. The molecule has 1 saturated heterocycles. The van der Waals surface area contributed by atoms with Gasteiger partial charge in [0, 0.05) is 24.5 Å². The van der Waals surface area contributed by atoms with Crippen molar-refractivity contribution in [3.63, 3.8) is 0 Å². The average molecular weight is 196 g/mol. The van der Waals surface area contributed by atoms with Crippen molar-refractivity contribution in [2.45, 2.75) is 45.7 Å². The third kappa shape index (κ3) is 1.65. The molecule has 1 atom stereocenters. The predicted molar refractivity (Wildman–Crippen MR) is 56.0 cm³/mol. The molecule has 0 bridgehead atoms. The van der Waals surface area contributed by atoms with Gasteiger partial charge in [0.05, 0.1) is 6.04 Å². The van der Waals surface area contributed by atoms with E-state index in [1.807, 2.05) is 11.8 Å². The fourth-order valence-electron chi connectivity index (χ4n) is 2.15. The molecule has 1 aliphatic carbocycles. The Hall–Kier alpha value is -0.570. The molecule has 2 fully saturated rings. The summed E-state index contributed by atoms with van der Waals surface area (Å²) in [5.41, 5.74) is 0.421. The highest BCUT2D eigenvalue weighted by Gasteiger charge is 2.47. The maximum absolute atomic E-state index is 12.0. The molecule has 1 aliphatic heterocycles. The molecular weight excluding hydrogens is 176 g/mol. The van der Waals surface area contributed by atoms with E-state index in [9.17, 15) is 4.79 Å². The fraction of sp³-hybridized carbons (Fsp3) is 0.909. The van der Waals surface area contributed by atoms with Gasteiger partial charge < -0.3 is 10.2 Å². The number of amides is 1. The van der Waals surface area contributed by atoms with Crippen molar-refractivity contribution in [3.8, 4) is 0 Å². The molecule has 0 aromatic carbocycles. The first-order chi connectivity index (χ1) is 6.54. The molecule has 1 heterocycles. The number of nitrogens with one attached hydrogen (secondary N) is 1. The first-order valence-corrected chi connectivity index (χ1v) is 5.58. The van der Waals surface area contributed by atoms with Crippen molar-refractivity contribution in [1.29, 1.82) is 0 Å². The number of hydrogen-bond acceptors (Lipinski definition) is 2. The van der Waals surface area contributed by atoms with Gasteiger partial charge in [-0.1, -0.05) is 0 Å². The number of nitrogens with zero attached hydrogens (tertiary/aromatic N) is 1. The first-order valence-electron chi connectivity index (χ1n) is 5.58. The molecule has 1 unspecified atom stereocenters. The highest BCUT2D eigenvalue weighted by atomic mass is 16.2. The minimum absolute atomic E-state index is 0.00243. The van der Waals surface area contributed by atoms with Crippen LogP contribution in [-0.4, -0.2) is 36.0 Å². The van der Waals surface area contributed by atoms with Gasteiger partial charge >= 0.3 is 0 Å². The second-order valence-electron chi connectivity index (χ2n) is 5.16. The predicted octanol–water partition coefficient (Wildman–Crippen LogP) is 0.995. The minimum Gasteiger partial charge on any atom is -0.338 e. The van der Waals surface area contributed by atoms with Crippen LogP contribution in [0.2, 0.25) is 0 Å². The Kier molecular flexibility index (Phi) is 2.30. The lowest BCUT2D eigenvalue weighted by Gasteiger charge is -2.28. The third-order valence-electron chi connectivity index (χ3n) is 3.52. The molecule has 2 aliphatic rings. The smallest absolute Gasteiger partial charge is 0.239 e. The monoisotopic (exact) mass is 196 g/mol. The Balaban J connectivity index is 2.15. The lowest BCUT2D eigenvalue weighted by Crippen LogP contribution is -2.45. The van der Waals surface area contributed by atoms with Crippen LogP contribution in [0.3, 0.4) is 0 Å². The summed E-state index contributed by atoms with van der Waals surface area (Å²) >= 11 is 0. The van der Waals surface area contributed by atoms with Gasteiger partial charge in [0.1, 0.15) is 0 Å². The topological polar surface area (TPSA) is 32.3 Å². The van der Waals surface area contributed by atoms with Crippen LogP contribution >= 0.6 is 0 Å². The standard InChI is InChI=1S/C11H20N2O/c1-8(2)13-7-11(4-5-11)6-12-9(3)10(13)14/h8-9,12H,4-7H2,1-3H3. The number of carbonyl (C=O) groups is 1. The van der Waals surface area contributed by atoms with E-state index in [1.165, 1.54) is 12.8 Å². The normalized spacial score (nSPS) is 31.0. The van der Waals surface area contributed by atoms with Crippen molar-refractivity contribution in [2.75, 3.05) is 13.1 Å². The molecule has 1 amide bonds. The molecule has 0 radical (unpaired) electrons. The zero-order valence-electron chi connectivity index (χ0n) is 9.34. The van der Waals surface area contributed by atoms with Crippen molar-refractivity contribution in [3.05, 3.63) is 0 Å². The second kappa shape index (κ2) is 3.23. The maximum atomic E-state index is 12.0. The van der Waals surface area contributed by atoms with Gasteiger partial charge in [0.2, 0.25) is 5.91 Å². The van der Waals surface area contributed by atoms with Crippen LogP contribution in [0.1, 0.15) is 33.6 Å². The highest BCUT2D eigenvalue weighted by molar-refractivity contribution is 5.82. The van der Waals surface area contributed by atoms with Gasteiger partial charge in [-0.2, -0.15) is 0 Å².